The quantitative estimate of drug-likeness (QED) is 0.900. The molecule has 0 aliphatic heterocycles. The molecular weight excluding hydrogens is 264 g/mol. The van der Waals surface area contributed by atoms with Gasteiger partial charge in [-0.1, -0.05) is 6.92 Å². The molecule has 112 valence electrons. The Morgan fingerprint density at radius 1 is 1.33 bits per heavy atom. The van der Waals surface area contributed by atoms with Crippen LogP contribution < -0.4 is 11.1 Å². The number of fused-ring (bicyclic) bond motifs is 1. The molecule has 0 amide bonds. The second-order valence-corrected chi connectivity index (χ2v) is 5.55. The summed E-state index contributed by atoms with van der Waals surface area (Å²) in [6.45, 7) is 2.15. The first-order valence-electron chi connectivity index (χ1n) is 7.58. The van der Waals surface area contributed by atoms with Crippen LogP contribution in [0.15, 0.2) is 12.3 Å². The van der Waals surface area contributed by atoms with Crippen LogP contribution in [0.3, 0.4) is 0 Å². The number of rotatable bonds is 4. The Morgan fingerprint density at radius 2 is 2.14 bits per heavy atom. The molecule has 0 saturated heterocycles. The average Bonchev–Trinajstić information content (AvgIpc) is 2.90. The van der Waals surface area contributed by atoms with E-state index >= 15 is 0 Å². The molecule has 1 aliphatic carbocycles. The third kappa shape index (κ3) is 2.70. The maximum absolute atomic E-state index is 5.87. The summed E-state index contributed by atoms with van der Waals surface area (Å²) in [5, 5.41) is 7.80. The molecule has 0 spiro atoms. The zero-order chi connectivity index (χ0) is 14.8. The zero-order valence-electron chi connectivity index (χ0n) is 12.6. The SMILES string of the molecule is CC[C@@H](Nc1nc(N)nc2c1CCCC2)c1ccnn1C. The van der Waals surface area contributed by atoms with Crippen LogP contribution in [0.4, 0.5) is 11.8 Å². The van der Waals surface area contributed by atoms with Gasteiger partial charge >= 0.3 is 0 Å². The van der Waals surface area contributed by atoms with Gasteiger partial charge in [-0.05, 0) is 38.2 Å². The minimum Gasteiger partial charge on any atom is -0.368 e. The molecule has 1 aliphatic rings. The van der Waals surface area contributed by atoms with Crippen molar-refractivity contribution in [1.82, 2.24) is 19.7 Å². The molecule has 2 aromatic heterocycles. The second kappa shape index (κ2) is 5.71. The van der Waals surface area contributed by atoms with Crippen molar-refractivity contribution in [2.24, 2.45) is 7.05 Å². The predicted octanol–water partition coefficient (Wildman–Crippen LogP) is 2.23. The van der Waals surface area contributed by atoms with E-state index in [9.17, 15) is 0 Å². The highest BCUT2D eigenvalue weighted by molar-refractivity contribution is 5.51. The van der Waals surface area contributed by atoms with Gasteiger partial charge in [0.15, 0.2) is 0 Å². The van der Waals surface area contributed by atoms with Gasteiger partial charge in [-0.2, -0.15) is 10.1 Å². The van der Waals surface area contributed by atoms with Crippen LogP contribution in [-0.4, -0.2) is 19.7 Å². The number of nitrogens with two attached hydrogens (primary N) is 1. The fraction of sp³-hybridized carbons (Fsp3) is 0.533. The molecule has 0 fully saturated rings. The van der Waals surface area contributed by atoms with Crippen molar-refractivity contribution in [3.05, 3.63) is 29.2 Å². The molecule has 0 bridgehead atoms. The Labute approximate surface area is 124 Å². The smallest absolute Gasteiger partial charge is 0.222 e. The molecule has 6 heteroatoms. The molecule has 0 unspecified atom stereocenters. The summed E-state index contributed by atoms with van der Waals surface area (Å²) in [6, 6.07) is 2.22. The summed E-state index contributed by atoms with van der Waals surface area (Å²) >= 11 is 0. The van der Waals surface area contributed by atoms with Crippen molar-refractivity contribution < 1.29 is 0 Å². The highest BCUT2D eigenvalue weighted by Crippen LogP contribution is 2.29. The van der Waals surface area contributed by atoms with Gasteiger partial charge in [0.1, 0.15) is 5.82 Å². The maximum atomic E-state index is 5.87. The van der Waals surface area contributed by atoms with E-state index in [2.05, 4.69) is 27.3 Å². The predicted molar refractivity (Wildman–Crippen MR) is 82.9 cm³/mol. The van der Waals surface area contributed by atoms with Crippen LogP contribution >= 0.6 is 0 Å². The maximum Gasteiger partial charge on any atom is 0.222 e. The molecule has 0 aromatic carbocycles. The number of nitrogen functional groups attached to an aromatic ring is 1. The number of nitrogens with one attached hydrogen (secondary N) is 1. The number of anilines is 2. The van der Waals surface area contributed by atoms with E-state index in [1.807, 2.05) is 24.0 Å². The van der Waals surface area contributed by atoms with E-state index < -0.39 is 0 Å². The first kappa shape index (κ1) is 13.9. The largest absolute Gasteiger partial charge is 0.368 e. The van der Waals surface area contributed by atoms with Crippen molar-refractivity contribution in [1.29, 1.82) is 0 Å². The Balaban J connectivity index is 1.93. The molecule has 3 rings (SSSR count). The van der Waals surface area contributed by atoms with Gasteiger partial charge in [-0.3, -0.25) is 4.68 Å². The van der Waals surface area contributed by atoms with Crippen molar-refractivity contribution in [2.45, 2.75) is 45.1 Å². The van der Waals surface area contributed by atoms with Gasteiger partial charge in [-0.15, -0.1) is 0 Å². The molecule has 2 heterocycles. The van der Waals surface area contributed by atoms with Gasteiger partial charge in [0.2, 0.25) is 5.95 Å². The first-order chi connectivity index (χ1) is 10.2. The molecule has 3 N–H and O–H groups in total. The van der Waals surface area contributed by atoms with E-state index in [1.165, 1.54) is 18.4 Å². The number of aromatic nitrogens is 4. The molecule has 2 aromatic rings. The zero-order valence-corrected chi connectivity index (χ0v) is 12.6. The van der Waals surface area contributed by atoms with E-state index in [4.69, 9.17) is 5.73 Å². The van der Waals surface area contributed by atoms with Gasteiger partial charge in [0, 0.05) is 18.8 Å². The van der Waals surface area contributed by atoms with Crippen molar-refractivity contribution in [3.63, 3.8) is 0 Å². The van der Waals surface area contributed by atoms with Crippen LogP contribution in [0, 0.1) is 0 Å². The third-order valence-corrected chi connectivity index (χ3v) is 4.14. The first-order valence-corrected chi connectivity index (χ1v) is 7.58. The van der Waals surface area contributed by atoms with E-state index in [-0.39, 0.29) is 6.04 Å². The Hall–Kier alpha value is -2.11. The summed E-state index contributed by atoms with van der Waals surface area (Å²) < 4.78 is 1.90. The lowest BCUT2D eigenvalue weighted by atomic mass is 9.96. The van der Waals surface area contributed by atoms with Crippen molar-refractivity contribution in [2.75, 3.05) is 11.1 Å². The molecular formula is C15H22N6. The molecule has 6 nitrogen and oxygen atoms in total. The normalized spacial score (nSPS) is 15.5. The van der Waals surface area contributed by atoms with Crippen molar-refractivity contribution in [3.8, 4) is 0 Å². The van der Waals surface area contributed by atoms with Gasteiger partial charge in [0.25, 0.3) is 0 Å². The Bertz CT molecular complexity index is 633. The lowest BCUT2D eigenvalue weighted by Crippen LogP contribution is -2.19. The fourth-order valence-electron chi connectivity index (χ4n) is 3.01. The van der Waals surface area contributed by atoms with Crippen LogP contribution in [0.1, 0.15) is 49.2 Å². The summed E-state index contributed by atoms with van der Waals surface area (Å²) in [4.78, 5) is 8.84. The minimum atomic E-state index is 0.179. The van der Waals surface area contributed by atoms with E-state index in [0.717, 1.165) is 36.5 Å². The second-order valence-electron chi connectivity index (χ2n) is 5.55. The fourth-order valence-corrected chi connectivity index (χ4v) is 3.01. The average molecular weight is 286 g/mol. The van der Waals surface area contributed by atoms with Crippen LogP contribution in [0.5, 0.6) is 0 Å². The third-order valence-electron chi connectivity index (χ3n) is 4.14. The Kier molecular flexibility index (Phi) is 3.77. The molecule has 0 saturated carbocycles. The van der Waals surface area contributed by atoms with Crippen LogP contribution in [0.2, 0.25) is 0 Å². The van der Waals surface area contributed by atoms with E-state index in [0.29, 0.717) is 5.95 Å². The van der Waals surface area contributed by atoms with Crippen LogP contribution in [0.25, 0.3) is 0 Å². The van der Waals surface area contributed by atoms with Gasteiger partial charge < -0.3 is 11.1 Å². The van der Waals surface area contributed by atoms with E-state index in [1.54, 1.807) is 0 Å². The van der Waals surface area contributed by atoms with Gasteiger partial charge in [0.05, 0.1) is 17.4 Å². The summed E-state index contributed by atoms with van der Waals surface area (Å²) in [6.07, 6.45) is 7.18. The summed E-state index contributed by atoms with van der Waals surface area (Å²) in [5.41, 5.74) is 9.36. The number of aryl methyl sites for hydroxylation is 2. The molecule has 21 heavy (non-hydrogen) atoms. The molecule has 0 radical (unpaired) electrons. The number of nitrogens with zero attached hydrogens (tertiary/aromatic N) is 4. The standard InChI is InChI=1S/C15H22N6/c1-3-11(13-8-9-17-21(13)2)18-14-10-6-4-5-7-12(10)19-15(16)20-14/h8-9,11H,3-7H2,1-2H3,(H3,16,18,19,20)/t11-/m1/s1. The topological polar surface area (TPSA) is 81.7 Å². The Morgan fingerprint density at radius 3 is 2.86 bits per heavy atom. The number of hydrogen-bond donors (Lipinski definition) is 2. The number of hydrogen-bond acceptors (Lipinski definition) is 5. The van der Waals surface area contributed by atoms with Crippen LogP contribution in [-0.2, 0) is 19.9 Å². The lowest BCUT2D eigenvalue weighted by molar-refractivity contribution is 0.625. The highest BCUT2D eigenvalue weighted by Gasteiger charge is 2.20. The van der Waals surface area contributed by atoms with Gasteiger partial charge in [-0.25, -0.2) is 4.98 Å². The lowest BCUT2D eigenvalue weighted by Gasteiger charge is -2.23. The summed E-state index contributed by atoms with van der Waals surface area (Å²) in [7, 11) is 1.96. The monoisotopic (exact) mass is 286 g/mol. The molecule has 1 atom stereocenters. The highest BCUT2D eigenvalue weighted by atomic mass is 15.3. The van der Waals surface area contributed by atoms with Crippen molar-refractivity contribution >= 4 is 11.8 Å². The minimum absolute atomic E-state index is 0.179. The summed E-state index contributed by atoms with van der Waals surface area (Å²) in [5.74, 6) is 1.25.